The molecule has 0 amide bonds. The van der Waals surface area contributed by atoms with E-state index < -0.39 is 0 Å². The summed E-state index contributed by atoms with van der Waals surface area (Å²) in [6, 6.07) is 0. The molecular formula is C10H18N2. The van der Waals surface area contributed by atoms with Crippen molar-refractivity contribution in [2.75, 3.05) is 32.7 Å². The van der Waals surface area contributed by atoms with E-state index in [0.717, 1.165) is 18.3 Å². The van der Waals surface area contributed by atoms with E-state index >= 15 is 0 Å². The first-order valence-electron chi connectivity index (χ1n) is 4.94. The summed E-state index contributed by atoms with van der Waals surface area (Å²) in [5.74, 6) is 1.88. The molecule has 2 fully saturated rings. The molecule has 0 aromatic carbocycles. The average molecular weight is 166 g/mol. The Balaban J connectivity index is 1.78. The molecule has 0 aliphatic carbocycles. The summed E-state index contributed by atoms with van der Waals surface area (Å²) < 4.78 is 0. The van der Waals surface area contributed by atoms with Gasteiger partial charge in [-0.25, -0.2) is 0 Å². The number of rotatable bonds is 3. The van der Waals surface area contributed by atoms with Gasteiger partial charge in [0.1, 0.15) is 0 Å². The normalized spacial score (nSPS) is 35.3. The van der Waals surface area contributed by atoms with Crippen LogP contribution in [0.3, 0.4) is 0 Å². The molecule has 12 heavy (non-hydrogen) atoms. The fraction of sp³-hybridized carbons (Fsp3) is 0.800. The summed E-state index contributed by atoms with van der Waals surface area (Å²) in [6.07, 6.45) is 3.17. The number of hydrogen-bond acceptors (Lipinski definition) is 2. The van der Waals surface area contributed by atoms with Gasteiger partial charge >= 0.3 is 0 Å². The lowest BCUT2D eigenvalue weighted by atomic mass is 10.0. The van der Waals surface area contributed by atoms with Crippen LogP contribution in [0.2, 0.25) is 0 Å². The SMILES string of the molecule is C=CCCN1CC2CNCC2C1. The third-order valence-electron chi connectivity index (χ3n) is 3.11. The molecule has 0 radical (unpaired) electrons. The maximum atomic E-state index is 3.75. The minimum Gasteiger partial charge on any atom is -0.316 e. The summed E-state index contributed by atoms with van der Waals surface area (Å²) in [4.78, 5) is 2.58. The monoisotopic (exact) mass is 166 g/mol. The number of fused-ring (bicyclic) bond motifs is 1. The summed E-state index contributed by atoms with van der Waals surface area (Å²) >= 11 is 0. The highest BCUT2D eigenvalue weighted by molar-refractivity contribution is 4.91. The molecule has 1 N–H and O–H groups in total. The Labute approximate surface area is 74.6 Å². The van der Waals surface area contributed by atoms with Crippen molar-refractivity contribution in [1.82, 2.24) is 10.2 Å². The third-order valence-corrected chi connectivity index (χ3v) is 3.11. The largest absolute Gasteiger partial charge is 0.316 e. The van der Waals surface area contributed by atoms with E-state index in [1.807, 2.05) is 6.08 Å². The Bertz CT molecular complexity index is 155. The van der Waals surface area contributed by atoms with Gasteiger partial charge in [0.25, 0.3) is 0 Å². The van der Waals surface area contributed by atoms with Gasteiger partial charge in [-0.2, -0.15) is 0 Å². The molecule has 2 aliphatic rings. The second-order valence-electron chi connectivity index (χ2n) is 4.02. The zero-order valence-corrected chi connectivity index (χ0v) is 7.63. The molecular weight excluding hydrogens is 148 g/mol. The molecule has 0 saturated carbocycles. The van der Waals surface area contributed by atoms with Crippen LogP contribution in [0, 0.1) is 11.8 Å². The average Bonchev–Trinajstić information content (AvgIpc) is 2.58. The van der Waals surface area contributed by atoms with Crippen LogP contribution in [0.4, 0.5) is 0 Å². The van der Waals surface area contributed by atoms with Crippen LogP contribution in [0.5, 0.6) is 0 Å². The maximum Gasteiger partial charge on any atom is 0.00257 e. The van der Waals surface area contributed by atoms with Crippen LogP contribution in [0.25, 0.3) is 0 Å². The molecule has 2 saturated heterocycles. The topological polar surface area (TPSA) is 15.3 Å². The van der Waals surface area contributed by atoms with Gasteiger partial charge in [0, 0.05) is 19.6 Å². The van der Waals surface area contributed by atoms with Gasteiger partial charge in [-0.1, -0.05) is 6.08 Å². The third kappa shape index (κ3) is 1.54. The van der Waals surface area contributed by atoms with Gasteiger partial charge < -0.3 is 10.2 Å². The van der Waals surface area contributed by atoms with Crippen molar-refractivity contribution in [2.45, 2.75) is 6.42 Å². The molecule has 2 unspecified atom stereocenters. The first-order chi connectivity index (χ1) is 5.90. The zero-order valence-electron chi connectivity index (χ0n) is 7.63. The fourth-order valence-corrected chi connectivity index (χ4v) is 2.41. The Hall–Kier alpha value is -0.340. The molecule has 0 bridgehead atoms. The van der Waals surface area contributed by atoms with Gasteiger partial charge in [0.2, 0.25) is 0 Å². The molecule has 2 atom stereocenters. The summed E-state index contributed by atoms with van der Waals surface area (Å²) in [5, 5.41) is 3.45. The molecule has 2 rings (SSSR count). The Morgan fingerprint density at radius 1 is 1.33 bits per heavy atom. The van der Waals surface area contributed by atoms with Gasteiger partial charge in [0.05, 0.1) is 0 Å². The van der Waals surface area contributed by atoms with Crippen molar-refractivity contribution < 1.29 is 0 Å². The van der Waals surface area contributed by atoms with Gasteiger partial charge in [0.15, 0.2) is 0 Å². The van der Waals surface area contributed by atoms with Crippen molar-refractivity contribution in [2.24, 2.45) is 11.8 Å². The maximum absolute atomic E-state index is 3.75. The Morgan fingerprint density at radius 3 is 2.58 bits per heavy atom. The van der Waals surface area contributed by atoms with E-state index in [9.17, 15) is 0 Å². The summed E-state index contributed by atoms with van der Waals surface area (Å²) in [6.45, 7) is 10.1. The molecule has 2 aliphatic heterocycles. The molecule has 2 heteroatoms. The lowest BCUT2D eigenvalue weighted by Crippen LogP contribution is -2.26. The second kappa shape index (κ2) is 3.58. The molecule has 68 valence electrons. The van der Waals surface area contributed by atoms with Gasteiger partial charge in [-0.3, -0.25) is 0 Å². The zero-order chi connectivity index (χ0) is 8.39. The molecule has 0 spiro atoms. The van der Waals surface area contributed by atoms with E-state index in [4.69, 9.17) is 0 Å². The van der Waals surface area contributed by atoms with E-state index in [1.54, 1.807) is 0 Å². The standard InChI is InChI=1S/C10H18N2/c1-2-3-4-12-7-9-5-11-6-10(9)8-12/h2,9-11H,1,3-8H2. The summed E-state index contributed by atoms with van der Waals surface area (Å²) in [7, 11) is 0. The molecule has 0 aromatic heterocycles. The van der Waals surface area contributed by atoms with Gasteiger partial charge in [-0.05, 0) is 31.3 Å². The number of likely N-dealkylation sites (tertiary alicyclic amines) is 1. The lowest BCUT2D eigenvalue weighted by Gasteiger charge is -2.15. The van der Waals surface area contributed by atoms with Crippen molar-refractivity contribution in [1.29, 1.82) is 0 Å². The summed E-state index contributed by atoms with van der Waals surface area (Å²) in [5.41, 5.74) is 0. The Morgan fingerprint density at radius 2 is 2.00 bits per heavy atom. The van der Waals surface area contributed by atoms with Crippen molar-refractivity contribution >= 4 is 0 Å². The van der Waals surface area contributed by atoms with Crippen molar-refractivity contribution in [3.8, 4) is 0 Å². The number of hydrogen-bond donors (Lipinski definition) is 1. The minimum absolute atomic E-state index is 0.940. The van der Waals surface area contributed by atoms with Crippen LogP contribution in [-0.4, -0.2) is 37.6 Å². The van der Waals surface area contributed by atoms with Crippen molar-refractivity contribution in [3.05, 3.63) is 12.7 Å². The number of nitrogens with one attached hydrogen (secondary N) is 1. The first-order valence-corrected chi connectivity index (χ1v) is 4.94. The molecule has 0 aromatic rings. The van der Waals surface area contributed by atoms with Crippen LogP contribution >= 0.6 is 0 Å². The predicted molar refractivity (Wildman–Crippen MR) is 51.1 cm³/mol. The van der Waals surface area contributed by atoms with Crippen molar-refractivity contribution in [3.63, 3.8) is 0 Å². The smallest absolute Gasteiger partial charge is 0.00257 e. The van der Waals surface area contributed by atoms with E-state index in [1.165, 1.54) is 32.7 Å². The van der Waals surface area contributed by atoms with E-state index in [-0.39, 0.29) is 0 Å². The van der Waals surface area contributed by atoms with E-state index in [0.29, 0.717) is 0 Å². The van der Waals surface area contributed by atoms with Crippen LogP contribution < -0.4 is 5.32 Å². The lowest BCUT2D eigenvalue weighted by molar-refractivity contribution is 0.319. The van der Waals surface area contributed by atoms with Gasteiger partial charge in [-0.15, -0.1) is 6.58 Å². The molecule has 2 nitrogen and oxygen atoms in total. The minimum atomic E-state index is 0.940. The quantitative estimate of drug-likeness (QED) is 0.621. The van der Waals surface area contributed by atoms with Crippen LogP contribution in [0.1, 0.15) is 6.42 Å². The molecule has 2 heterocycles. The highest BCUT2D eigenvalue weighted by Gasteiger charge is 2.35. The number of nitrogens with zero attached hydrogens (tertiary/aromatic N) is 1. The second-order valence-corrected chi connectivity index (χ2v) is 4.02. The predicted octanol–water partition coefficient (Wildman–Crippen LogP) is 0.714. The fourth-order valence-electron chi connectivity index (χ4n) is 2.41. The first kappa shape index (κ1) is 8.27. The van der Waals surface area contributed by atoms with E-state index in [2.05, 4.69) is 16.8 Å². The highest BCUT2D eigenvalue weighted by atomic mass is 15.2. The highest BCUT2D eigenvalue weighted by Crippen LogP contribution is 2.25. The van der Waals surface area contributed by atoms with Crippen LogP contribution in [-0.2, 0) is 0 Å². The van der Waals surface area contributed by atoms with Crippen LogP contribution in [0.15, 0.2) is 12.7 Å². The Kier molecular flexibility index (Phi) is 2.47.